The fourth-order valence-electron chi connectivity index (χ4n) is 7.19. The Kier molecular flexibility index (Phi) is 10.3. The molecule has 0 unspecified atom stereocenters. The Labute approximate surface area is 303 Å². The minimum atomic E-state index is -0.785. The van der Waals surface area contributed by atoms with Gasteiger partial charge in [-0.25, -0.2) is 4.79 Å². The minimum absolute atomic E-state index is 0.0141. The Morgan fingerprint density at radius 2 is 1.48 bits per heavy atom. The summed E-state index contributed by atoms with van der Waals surface area (Å²) >= 11 is 0. The molecule has 5 amide bonds. The molecule has 0 aromatic heterocycles. The summed E-state index contributed by atoms with van der Waals surface area (Å²) in [5, 5.41) is 11.6. The Hall–Kier alpha value is -6.00. The molecule has 2 atom stereocenters. The van der Waals surface area contributed by atoms with Gasteiger partial charge >= 0.3 is 6.03 Å². The standard InChI is InChI=1S/C42H42N6O4/c1-2-24-46(42(52)43-26-31-12-5-3-6-13-31)47-29-39(49)48-37(25-30-20-22-35(23-21-30)44-40(50)33-15-7-4-8-16-33)41(51)45(28-38(47)48)27-34-18-11-17-32-14-9-10-19-36(32)34/h3-23,37-38H,2,24-29H2,1H3,(H,43,52)(H,44,50)/t37-,38+/m0/s1. The van der Waals surface area contributed by atoms with E-state index in [9.17, 15) is 19.2 Å². The SMILES string of the molecule is CCCN(C(=O)NCc1ccccc1)N1CC(=O)N2[C@@H](Cc3ccc(NC(=O)c4ccccc4)cc3)C(=O)N(Cc3cccc4ccccc34)C[C@@H]21. The van der Waals surface area contributed by atoms with Gasteiger partial charge in [-0.3, -0.25) is 19.4 Å². The van der Waals surface area contributed by atoms with Crippen molar-refractivity contribution in [2.24, 2.45) is 0 Å². The van der Waals surface area contributed by atoms with E-state index in [1.165, 1.54) is 0 Å². The van der Waals surface area contributed by atoms with Crippen LogP contribution in [-0.4, -0.2) is 75.4 Å². The van der Waals surface area contributed by atoms with E-state index < -0.39 is 12.2 Å². The number of amides is 5. The molecule has 2 aliphatic rings. The highest BCUT2D eigenvalue weighted by Crippen LogP contribution is 2.31. The topological polar surface area (TPSA) is 105 Å². The van der Waals surface area contributed by atoms with Crippen LogP contribution >= 0.6 is 0 Å². The molecule has 2 heterocycles. The van der Waals surface area contributed by atoms with E-state index in [4.69, 9.17) is 0 Å². The minimum Gasteiger partial charge on any atom is -0.333 e. The second kappa shape index (κ2) is 15.5. The summed E-state index contributed by atoms with van der Waals surface area (Å²) in [6.07, 6.45) is 0.427. The number of piperazine rings is 1. The van der Waals surface area contributed by atoms with Gasteiger partial charge in [0.15, 0.2) is 0 Å². The predicted octanol–water partition coefficient (Wildman–Crippen LogP) is 6.05. The third-order valence-electron chi connectivity index (χ3n) is 9.75. The Bertz CT molecular complexity index is 2050. The number of benzene rings is 5. The second-order valence-corrected chi connectivity index (χ2v) is 13.2. The number of nitrogens with zero attached hydrogens (tertiary/aromatic N) is 4. The van der Waals surface area contributed by atoms with Crippen LogP contribution in [0.5, 0.6) is 0 Å². The number of fused-ring (bicyclic) bond motifs is 2. The fraction of sp³-hybridized carbons (Fsp3) is 0.238. The normalized spacial score (nSPS) is 17.2. The lowest BCUT2D eigenvalue weighted by Gasteiger charge is -2.46. The van der Waals surface area contributed by atoms with Crippen molar-refractivity contribution in [1.82, 2.24) is 25.1 Å². The van der Waals surface area contributed by atoms with Crippen molar-refractivity contribution < 1.29 is 19.2 Å². The molecule has 2 fully saturated rings. The molecule has 0 aliphatic carbocycles. The van der Waals surface area contributed by atoms with Crippen LogP contribution in [-0.2, 0) is 29.1 Å². The lowest BCUT2D eigenvalue weighted by molar-refractivity contribution is -0.157. The van der Waals surface area contributed by atoms with E-state index in [0.717, 1.165) is 27.5 Å². The van der Waals surface area contributed by atoms with Gasteiger partial charge in [-0.05, 0) is 58.1 Å². The molecular formula is C42H42N6O4. The number of urea groups is 1. The molecule has 0 bridgehead atoms. The van der Waals surface area contributed by atoms with Gasteiger partial charge in [0.1, 0.15) is 12.2 Å². The number of nitrogens with one attached hydrogen (secondary N) is 2. The van der Waals surface area contributed by atoms with E-state index in [0.29, 0.717) is 37.3 Å². The first-order valence-corrected chi connectivity index (χ1v) is 17.8. The lowest BCUT2D eigenvalue weighted by Crippen LogP contribution is -2.66. The van der Waals surface area contributed by atoms with E-state index in [-0.39, 0.29) is 43.3 Å². The molecule has 0 spiro atoms. The Morgan fingerprint density at radius 1 is 0.788 bits per heavy atom. The van der Waals surface area contributed by atoms with E-state index >= 15 is 0 Å². The highest BCUT2D eigenvalue weighted by Gasteiger charge is 2.52. The first-order valence-electron chi connectivity index (χ1n) is 17.8. The van der Waals surface area contributed by atoms with Gasteiger partial charge in [-0.1, -0.05) is 110 Å². The van der Waals surface area contributed by atoms with E-state index in [1.807, 2.05) is 114 Å². The van der Waals surface area contributed by atoms with Gasteiger partial charge in [0.2, 0.25) is 11.8 Å². The summed E-state index contributed by atoms with van der Waals surface area (Å²) in [7, 11) is 0. The maximum Gasteiger partial charge on any atom is 0.332 e. The van der Waals surface area contributed by atoms with Crippen molar-refractivity contribution >= 4 is 40.2 Å². The molecule has 5 aromatic rings. The van der Waals surface area contributed by atoms with E-state index in [1.54, 1.807) is 22.0 Å². The Balaban J connectivity index is 1.16. The smallest absolute Gasteiger partial charge is 0.332 e. The average Bonchev–Trinajstić information content (AvgIpc) is 3.50. The van der Waals surface area contributed by atoms with Crippen LogP contribution < -0.4 is 10.6 Å². The van der Waals surface area contributed by atoms with Crippen LogP contribution in [0.25, 0.3) is 10.8 Å². The number of hydrogen-bond donors (Lipinski definition) is 2. The average molecular weight is 695 g/mol. The van der Waals surface area contributed by atoms with Gasteiger partial charge in [-0.15, -0.1) is 0 Å². The molecular weight excluding hydrogens is 653 g/mol. The van der Waals surface area contributed by atoms with Gasteiger partial charge in [0, 0.05) is 37.3 Å². The lowest BCUT2D eigenvalue weighted by atomic mass is 9.98. The predicted molar refractivity (Wildman–Crippen MR) is 201 cm³/mol. The number of rotatable bonds is 11. The Morgan fingerprint density at radius 3 is 2.23 bits per heavy atom. The highest BCUT2D eigenvalue weighted by atomic mass is 16.2. The molecule has 52 heavy (non-hydrogen) atoms. The third-order valence-corrected chi connectivity index (χ3v) is 9.75. The molecule has 264 valence electrons. The van der Waals surface area contributed by atoms with Crippen LogP contribution in [0.15, 0.2) is 127 Å². The zero-order chi connectivity index (χ0) is 36.0. The van der Waals surface area contributed by atoms with Gasteiger partial charge in [0.05, 0.1) is 13.1 Å². The van der Waals surface area contributed by atoms with Crippen molar-refractivity contribution in [2.75, 3.05) is 25.0 Å². The van der Waals surface area contributed by atoms with Crippen LogP contribution in [0.2, 0.25) is 0 Å². The molecule has 2 N–H and O–H groups in total. The first kappa shape index (κ1) is 34.4. The maximum absolute atomic E-state index is 14.5. The molecule has 0 radical (unpaired) electrons. The molecule has 0 saturated carbocycles. The first-order chi connectivity index (χ1) is 25.4. The largest absolute Gasteiger partial charge is 0.333 e. The van der Waals surface area contributed by atoms with Crippen LogP contribution in [0.4, 0.5) is 10.5 Å². The summed E-state index contributed by atoms with van der Waals surface area (Å²) in [6, 6.07) is 39.2. The number of anilines is 1. The van der Waals surface area contributed by atoms with Crippen LogP contribution in [0.1, 0.15) is 40.4 Å². The van der Waals surface area contributed by atoms with E-state index in [2.05, 4.69) is 28.8 Å². The van der Waals surface area contributed by atoms with Crippen molar-refractivity contribution in [2.45, 2.75) is 45.1 Å². The van der Waals surface area contributed by atoms with Gasteiger partial charge in [-0.2, -0.15) is 5.01 Å². The van der Waals surface area contributed by atoms with Gasteiger partial charge < -0.3 is 20.4 Å². The number of carbonyl (C=O) groups is 4. The molecule has 5 aromatic carbocycles. The summed E-state index contributed by atoms with van der Waals surface area (Å²) in [6.45, 7) is 3.36. The monoisotopic (exact) mass is 694 g/mol. The van der Waals surface area contributed by atoms with Crippen molar-refractivity contribution in [3.05, 3.63) is 150 Å². The number of carbonyl (C=O) groups excluding carboxylic acids is 4. The van der Waals surface area contributed by atoms with Crippen LogP contribution in [0.3, 0.4) is 0 Å². The molecule has 7 rings (SSSR count). The van der Waals surface area contributed by atoms with Gasteiger partial charge in [0.25, 0.3) is 5.91 Å². The highest BCUT2D eigenvalue weighted by molar-refractivity contribution is 6.04. The fourth-order valence-corrected chi connectivity index (χ4v) is 7.19. The zero-order valence-electron chi connectivity index (χ0n) is 29.2. The zero-order valence-corrected chi connectivity index (χ0v) is 29.2. The summed E-state index contributed by atoms with van der Waals surface area (Å²) < 4.78 is 0. The van der Waals surface area contributed by atoms with Crippen molar-refractivity contribution in [3.8, 4) is 0 Å². The third kappa shape index (κ3) is 7.38. The molecule has 10 nitrogen and oxygen atoms in total. The quantitative estimate of drug-likeness (QED) is 0.175. The molecule has 2 aliphatic heterocycles. The molecule has 2 saturated heterocycles. The van der Waals surface area contributed by atoms with Crippen molar-refractivity contribution in [3.63, 3.8) is 0 Å². The maximum atomic E-state index is 14.5. The second-order valence-electron chi connectivity index (χ2n) is 13.2. The number of hydrogen-bond acceptors (Lipinski definition) is 5. The summed E-state index contributed by atoms with van der Waals surface area (Å²) in [5.74, 6) is -0.553. The summed E-state index contributed by atoms with van der Waals surface area (Å²) in [4.78, 5) is 58.4. The van der Waals surface area contributed by atoms with Crippen LogP contribution in [0, 0.1) is 0 Å². The van der Waals surface area contributed by atoms with Crippen molar-refractivity contribution in [1.29, 1.82) is 0 Å². The molecule has 10 heteroatoms. The summed E-state index contributed by atoms with van der Waals surface area (Å²) in [5.41, 5.74) is 4.02. The number of hydrazine groups is 1.